The highest BCUT2D eigenvalue weighted by molar-refractivity contribution is 8.15. The normalized spacial score (nSPS) is 31.6. The summed E-state index contributed by atoms with van der Waals surface area (Å²) >= 11 is 5.75. The topological polar surface area (TPSA) is 23.9 Å². The molecule has 0 bridgehead atoms. The highest BCUT2D eigenvalue weighted by atomic mass is 32.2. The Morgan fingerprint density at radius 2 is 2.57 bits per heavy atom. The first-order valence-electron chi connectivity index (χ1n) is 2.20. The second-order valence-electron chi connectivity index (χ2n) is 1.52. The lowest BCUT2D eigenvalue weighted by atomic mass is 10.4. The predicted octanol–water partition coefficient (Wildman–Crippen LogP) is 1.40. The van der Waals surface area contributed by atoms with Crippen LogP contribution < -0.4 is 0 Å². The summed E-state index contributed by atoms with van der Waals surface area (Å²) in [5, 5.41) is 8.14. The molecule has 1 fully saturated rings. The third-order valence-corrected chi connectivity index (χ3v) is 2.68. The number of nitrogens with one attached hydrogen (secondary N) is 1. The van der Waals surface area contributed by atoms with Gasteiger partial charge in [0.15, 0.2) is 0 Å². The molecular formula is C4H7NS2. The van der Waals surface area contributed by atoms with E-state index in [-0.39, 0.29) is 5.25 Å². The predicted molar refractivity (Wildman–Crippen MR) is 37.6 cm³/mol. The van der Waals surface area contributed by atoms with E-state index in [1.54, 1.807) is 11.8 Å². The van der Waals surface area contributed by atoms with Crippen molar-refractivity contribution in [3.05, 3.63) is 0 Å². The minimum Gasteiger partial charge on any atom is -0.297 e. The van der Waals surface area contributed by atoms with Crippen molar-refractivity contribution in [2.24, 2.45) is 0 Å². The number of hydrogen-bond acceptors (Lipinski definition) is 3. The smallest absolute Gasteiger partial charge is 0.0769 e. The fourth-order valence-electron chi connectivity index (χ4n) is 0.508. The van der Waals surface area contributed by atoms with Crippen molar-refractivity contribution < 1.29 is 0 Å². The Balaban J connectivity index is 2.48. The average molecular weight is 133 g/mol. The molecule has 1 aliphatic rings. The van der Waals surface area contributed by atoms with Crippen molar-refractivity contribution in [3.63, 3.8) is 0 Å². The summed E-state index contributed by atoms with van der Waals surface area (Å²) in [6.45, 7) is 0. The molecule has 0 aromatic carbocycles. The van der Waals surface area contributed by atoms with E-state index in [0.29, 0.717) is 0 Å². The first kappa shape index (κ1) is 5.51. The minimum absolute atomic E-state index is 0.255. The van der Waals surface area contributed by atoms with E-state index in [1.807, 2.05) is 0 Å². The molecule has 7 heavy (non-hydrogen) atoms. The van der Waals surface area contributed by atoms with Crippen molar-refractivity contribution in [3.8, 4) is 0 Å². The van der Waals surface area contributed by atoms with Gasteiger partial charge in [0, 0.05) is 5.75 Å². The molecule has 40 valence electrons. The SMILES string of the molecule is N=C1SCCC1S. The van der Waals surface area contributed by atoms with Crippen LogP contribution >= 0.6 is 24.4 Å². The molecule has 0 radical (unpaired) electrons. The zero-order valence-corrected chi connectivity index (χ0v) is 5.56. The Kier molecular flexibility index (Phi) is 1.65. The Morgan fingerprint density at radius 1 is 1.86 bits per heavy atom. The molecule has 1 rings (SSSR count). The summed E-state index contributed by atoms with van der Waals surface area (Å²) in [5.74, 6) is 1.09. The molecule has 1 nitrogen and oxygen atoms in total. The number of thioether (sulfide) groups is 1. The quantitative estimate of drug-likeness (QED) is 0.479. The van der Waals surface area contributed by atoms with E-state index in [9.17, 15) is 0 Å². The zero-order chi connectivity index (χ0) is 5.28. The third-order valence-electron chi connectivity index (χ3n) is 0.952. The van der Waals surface area contributed by atoms with Gasteiger partial charge in [-0.25, -0.2) is 0 Å². The van der Waals surface area contributed by atoms with E-state index in [2.05, 4.69) is 12.6 Å². The van der Waals surface area contributed by atoms with Crippen LogP contribution in [0.2, 0.25) is 0 Å². The molecular weight excluding hydrogens is 126 g/mol. The maximum Gasteiger partial charge on any atom is 0.0769 e. The van der Waals surface area contributed by atoms with Gasteiger partial charge in [0.05, 0.1) is 10.3 Å². The van der Waals surface area contributed by atoms with Gasteiger partial charge in [-0.05, 0) is 6.42 Å². The Morgan fingerprint density at radius 3 is 2.71 bits per heavy atom. The van der Waals surface area contributed by atoms with E-state index in [0.717, 1.165) is 17.2 Å². The molecule has 1 heterocycles. The van der Waals surface area contributed by atoms with Crippen molar-refractivity contribution in [1.82, 2.24) is 0 Å². The molecule has 0 aromatic rings. The Labute approximate surface area is 52.8 Å². The van der Waals surface area contributed by atoms with E-state index < -0.39 is 0 Å². The van der Waals surface area contributed by atoms with Crippen LogP contribution in [-0.4, -0.2) is 16.0 Å². The van der Waals surface area contributed by atoms with E-state index in [1.165, 1.54) is 0 Å². The highest BCUT2D eigenvalue weighted by Crippen LogP contribution is 2.23. The van der Waals surface area contributed by atoms with E-state index in [4.69, 9.17) is 5.41 Å². The van der Waals surface area contributed by atoms with Crippen LogP contribution in [0.5, 0.6) is 0 Å². The Hall–Kier alpha value is 0.370. The molecule has 3 heteroatoms. The summed E-state index contributed by atoms with van der Waals surface area (Å²) in [5.41, 5.74) is 0. The second-order valence-corrected chi connectivity index (χ2v) is 3.28. The molecule has 0 aliphatic carbocycles. The molecule has 1 saturated heterocycles. The van der Waals surface area contributed by atoms with Gasteiger partial charge in [0.25, 0.3) is 0 Å². The fraction of sp³-hybridized carbons (Fsp3) is 0.750. The highest BCUT2D eigenvalue weighted by Gasteiger charge is 2.16. The van der Waals surface area contributed by atoms with Gasteiger partial charge >= 0.3 is 0 Å². The second kappa shape index (κ2) is 2.09. The van der Waals surface area contributed by atoms with Gasteiger partial charge in [0.1, 0.15) is 0 Å². The summed E-state index contributed by atoms with van der Waals surface area (Å²) in [4.78, 5) is 0. The Bertz CT molecular complexity index is 91.7. The zero-order valence-electron chi connectivity index (χ0n) is 3.85. The molecule has 0 saturated carbocycles. The van der Waals surface area contributed by atoms with Crippen LogP contribution in [-0.2, 0) is 0 Å². The lowest BCUT2D eigenvalue weighted by Gasteiger charge is -1.92. The van der Waals surface area contributed by atoms with Gasteiger partial charge in [-0.15, -0.1) is 11.8 Å². The number of hydrogen-bond donors (Lipinski definition) is 2. The van der Waals surface area contributed by atoms with Crippen LogP contribution in [0.4, 0.5) is 0 Å². The van der Waals surface area contributed by atoms with Crippen LogP contribution in [0.15, 0.2) is 0 Å². The summed E-state index contributed by atoms with van der Waals surface area (Å²) < 4.78 is 0. The van der Waals surface area contributed by atoms with Gasteiger partial charge in [0.2, 0.25) is 0 Å². The van der Waals surface area contributed by atoms with Crippen molar-refractivity contribution >= 4 is 29.4 Å². The molecule has 1 N–H and O–H groups in total. The first-order chi connectivity index (χ1) is 3.30. The van der Waals surface area contributed by atoms with Crippen molar-refractivity contribution in [2.75, 3.05) is 5.75 Å². The maximum absolute atomic E-state index is 7.14. The monoisotopic (exact) mass is 133 g/mol. The lowest BCUT2D eigenvalue weighted by Crippen LogP contribution is -1.99. The van der Waals surface area contributed by atoms with E-state index >= 15 is 0 Å². The van der Waals surface area contributed by atoms with Crippen LogP contribution in [0.25, 0.3) is 0 Å². The molecule has 0 aromatic heterocycles. The molecule has 0 amide bonds. The van der Waals surface area contributed by atoms with Crippen LogP contribution in [0.3, 0.4) is 0 Å². The van der Waals surface area contributed by atoms with Crippen molar-refractivity contribution in [2.45, 2.75) is 11.7 Å². The molecule has 1 atom stereocenters. The number of thiol groups is 1. The summed E-state index contributed by atoms with van der Waals surface area (Å²) in [6, 6.07) is 0. The minimum atomic E-state index is 0.255. The van der Waals surface area contributed by atoms with Crippen LogP contribution in [0.1, 0.15) is 6.42 Å². The standard InChI is InChI=1S/C4H7NS2/c5-4-3(6)1-2-7-4/h3,5-6H,1-2H2. The van der Waals surface area contributed by atoms with Gasteiger partial charge in [-0.2, -0.15) is 12.6 Å². The first-order valence-corrected chi connectivity index (χ1v) is 3.70. The summed E-state index contributed by atoms with van der Waals surface area (Å²) in [7, 11) is 0. The lowest BCUT2D eigenvalue weighted by molar-refractivity contribution is 1.06. The maximum atomic E-state index is 7.14. The largest absolute Gasteiger partial charge is 0.297 e. The molecule has 1 unspecified atom stereocenters. The molecule has 1 aliphatic heterocycles. The van der Waals surface area contributed by atoms with Gasteiger partial charge < -0.3 is 0 Å². The van der Waals surface area contributed by atoms with Gasteiger partial charge in [-0.1, -0.05) is 0 Å². The summed E-state index contributed by atoms with van der Waals surface area (Å²) in [6.07, 6.45) is 1.08. The van der Waals surface area contributed by atoms with Crippen molar-refractivity contribution in [1.29, 1.82) is 5.41 Å². The van der Waals surface area contributed by atoms with Crippen LogP contribution in [0, 0.1) is 5.41 Å². The third kappa shape index (κ3) is 1.13. The average Bonchev–Trinajstić information content (AvgIpc) is 1.91. The molecule has 0 spiro atoms. The van der Waals surface area contributed by atoms with Gasteiger partial charge in [-0.3, -0.25) is 5.41 Å². The fourth-order valence-corrected chi connectivity index (χ4v) is 1.92. The number of rotatable bonds is 0.